The van der Waals surface area contributed by atoms with Crippen molar-refractivity contribution in [2.75, 3.05) is 13.1 Å². The maximum Gasteiger partial charge on any atom is 0.267 e. The van der Waals surface area contributed by atoms with E-state index in [0.29, 0.717) is 24.0 Å². The van der Waals surface area contributed by atoms with Gasteiger partial charge in [-0.25, -0.2) is 0 Å². The molecule has 29 heavy (non-hydrogen) atoms. The second kappa shape index (κ2) is 7.78. The number of hydrogen-bond acceptors (Lipinski definition) is 5. The quantitative estimate of drug-likeness (QED) is 0.631. The van der Waals surface area contributed by atoms with E-state index >= 15 is 0 Å². The second-order valence-corrected chi connectivity index (χ2v) is 8.90. The first-order valence-corrected chi connectivity index (χ1v) is 11.3. The van der Waals surface area contributed by atoms with E-state index < -0.39 is 0 Å². The Balaban J connectivity index is 1.26. The molecule has 2 fully saturated rings. The summed E-state index contributed by atoms with van der Waals surface area (Å²) in [4.78, 5) is 15.2. The van der Waals surface area contributed by atoms with Gasteiger partial charge in [0.05, 0.1) is 11.2 Å². The zero-order valence-corrected chi connectivity index (χ0v) is 17.5. The molecule has 1 aromatic carbocycles. The lowest BCUT2D eigenvalue weighted by Crippen LogP contribution is -2.41. The maximum atomic E-state index is 12.7. The predicted octanol–water partition coefficient (Wildman–Crippen LogP) is 4.60. The van der Waals surface area contributed by atoms with Gasteiger partial charge in [-0.15, -0.1) is 5.10 Å². The fourth-order valence-corrected chi connectivity index (χ4v) is 5.32. The van der Waals surface area contributed by atoms with Crippen LogP contribution < -0.4 is 4.74 Å². The van der Waals surface area contributed by atoms with Gasteiger partial charge < -0.3 is 14.2 Å². The molecule has 0 N–H and O–H groups in total. The Morgan fingerprint density at radius 1 is 1.14 bits per heavy atom. The van der Waals surface area contributed by atoms with E-state index in [0.717, 1.165) is 24.3 Å². The molecule has 1 saturated carbocycles. The Morgan fingerprint density at radius 3 is 2.66 bits per heavy atom. The summed E-state index contributed by atoms with van der Waals surface area (Å²) in [7, 11) is 0. The van der Waals surface area contributed by atoms with Crippen molar-refractivity contribution in [2.24, 2.45) is 0 Å². The number of likely N-dealkylation sites (tertiary alicyclic amines) is 1. The van der Waals surface area contributed by atoms with Gasteiger partial charge in [0.2, 0.25) is 0 Å². The molecule has 0 radical (unpaired) electrons. The zero-order chi connectivity index (χ0) is 19.8. The molecule has 152 valence electrons. The van der Waals surface area contributed by atoms with Gasteiger partial charge in [-0.3, -0.25) is 4.79 Å². The van der Waals surface area contributed by atoms with E-state index in [1.54, 1.807) is 0 Å². The van der Waals surface area contributed by atoms with Crippen molar-refractivity contribution in [1.29, 1.82) is 0 Å². The summed E-state index contributed by atoms with van der Waals surface area (Å²) in [5.74, 6) is 1.01. The van der Waals surface area contributed by atoms with Crippen LogP contribution in [-0.2, 0) is 0 Å². The largest absolute Gasteiger partial charge is 0.490 e. The zero-order valence-electron chi connectivity index (χ0n) is 16.7. The summed E-state index contributed by atoms with van der Waals surface area (Å²) in [5.41, 5.74) is 1.99. The van der Waals surface area contributed by atoms with Gasteiger partial charge in [0, 0.05) is 43.6 Å². The lowest BCUT2D eigenvalue weighted by atomic mass is 10.1. The first-order valence-electron chi connectivity index (χ1n) is 10.5. The van der Waals surface area contributed by atoms with Crippen molar-refractivity contribution in [2.45, 2.75) is 57.6 Å². The highest BCUT2D eigenvalue weighted by Crippen LogP contribution is 2.36. The van der Waals surface area contributed by atoms with Gasteiger partial charge in [-0.05, 0) is 49.5 Å². The average molecular weight is 411 g/mol. The summed E-state index contributed by atoms with van der Waals surface area (Å²) < 4.78 is 12.7. The molecule has 1 aliphatic carbocycles. The van der Waals surface area contributed by atoms with Crippen LogP contribution in [0.2, 0.25) is 0 Å². The van der Waals surface area contributed by atoms with Crippen LogP contribution in [0.5, 0.6) is 5.75 Å². The number of nitrogens with zero attached hydrogens (tertiary/aromatic N) is 4. The second-order valence-electron chi connectivity index (χ2n) is 8.15. The van der Waals surface area contributed by atoms with Gasteiger partial charge in [-0.2, -0.15) is 0 Å². The van der Waals surface area contributed by atoms with Crippen LogP contribution in [0.25, 0.3) is 10.9 Å². The smallest absolute Gasteiger partial charge is 0.267 e. The van der Waals surface area contributed by atoms with Crippen LogP contribution in [0.1, 0.15) is 59.9 Å². The van der Waals surface area contributed by atoms with E-state index in [4.69, 9.17) is 4.74 Å². The molecular formula is C22H26N4O2S. The number of amides is 1. The minimum atomic E-state index is 0.0479. The number of carbonyl (C=O) groups is 1. The molecule has 2 aromatic heterocycles. The topological polar surface area (TPSA) is 60.3 Å². The fraction of sp³-hybridized carbons (Fsp3) is 0.500. The number of fused-ring (bicyclic) bond motifs is 1. The highest BCUT2D eigenvalue weighted by molar-refractivity contribution is 7.07. The number of benzene rings is 1. The molecule has 1 saturated heterocycles. The van der Waals surface area contributed by atoms with Crippen LogP contribution in [0.3, 0.4) is 0 Å². The number of hydrogen-bond donors (Lipinski definition) is 0. The number of ether oxygens (including phenoxy) is 1. The van der Waals surface area contributed by atoms with Crippen molar-refractivity contribution in [3.8, 4) is 5.75 Å². The van der Waals surface area contributed by atoms with Gasteiger partial charge >= 0.3 is 0 Å². The molecule has 6 nitrogen and oxygen atoms in total. The van der Waals surface area contributed by atoms with E-state index in [1.807, 2.05) is 11.8 Å². The standard InChI is InChI=1S/C22H26N4O2S/c1-15-21(29-24-23-15)22(27)25-12-9-17(10-13-25)28-20-8-4-7-19-18(20)11-14-26(19)16-5-2-3-6-16/h4,7-8,11,14,16-17H,2-3,5-6,9-10,12-13H2,1H3. The lowest BCUT2D eigenvalue weighted by molar-refractivity contribution is 0.0601. The number of rotatable bonds is 4. The highest BCUT2D eigenvalue weighted by atomic mass is 32.1. The van der Waals surface area contributed by atoms with Gasteiger partial charge in [0.25, 0.3) is 5.91 Å². The van der Waals surface area contributed by atoms with E-state index in [2.05, 4.69) is 44.6 Å². The molecule has 0 unspecified atom stereocenters. The molecule has 3 aromatic rings. The molecular weight excluding hydrogens is 384 g/mol. The maximum absolute atomic E-state index is 12.7. The van der Waals surface area contributed by atoms with Gasteiger partial charge in [-0.1, -0.05) is 23.4 Å². The summed E-state index contributed by atoms with van der Waals surface area (Å²) >= 11 is 1.18. The molecule has 7 heteroatoms. The molecule has 3 heterocycles. The van der Waals surface area contributed by atoms with Gasteiger partial charge in [0.15, 0.2) is 0 Å². The lowest BCUT2D eigenvalue weighted by Gasteiger charge is -2.32. The summed E-state index contributed by atoms with van der Waals surface area (Å²) in [6, 6.07) is 9.20. The van der Waals surface area contributed by atoms with E-state index in [1.165, 1.54) is 48.1 Å². The van der Waals surface area contributed by atoms with Gasteiger partial charge in [0.1, 0.15) is 16.7 Å². The highest BCUT2D eigenvalue weighted by Gasteiger charge is 2.27. The summed E-state index contributed by atoms with van der Waals surface area (Å²) in [6.07, 6.45) is 9.25. The molecule has 0 bridgehead atoms. The first-order chi connectivity index (χ1) is 14.2. The Labute approximate surface area is 174 Å². The SMILES string of the molecule is Cc1nnsc1C(=O)N1CCC(Oc2cccc3c2ccn3C2CCCC2)CC1. The van der Waals surface area contributed by atoms with Crippen molar-refractivity contribution in [3.05, 3.63) is 41.0 Å². The minimum absolute atomic E-state index is 0.0479. The third-order valence-corrected chi connectivity index (χ3v) is 7.13. The number of aromatic nitrogens is 3. The molecule has 5 rings (SSSR count). The molecule has 2 aliphatic rings. The Bertz CT molecular complexity index is 1010. The Morgan fingerprint density at radius 2 is 1.93 bits per heavy atom. The Kier molecular flexibility index (Phi) is 4.99. The third-order valence-electron chi connectivity index (χ3n) is 6.31. The van der Waals surface area contributed by atoms with Crippen molar-refractivity contribution in [3.63, 3.8) is 0 Å². The van der Waals surface area contributed by atoms with E-state index in [9.17, 15) is 4.79 Å². The van der Waals surface area contributed by atoms with Crippen LogP contribution in [0, 0.1) is 6.92 Å². The molecule has 0 atom stereocenters. The van der Waals surface area contributed by atoms with Crippen molar-refractivity contribution in [1.82, 2.24) is 19.1 Å². The minimum Gasteiger partial charge on any atom is -0.490 e. The number of piperidine rings is 1. The van der Waals surface area contributed by atoms with Crippen LogP contribution >= 0.6 is 11.5 Å². The van der Waals surface area contributed by atoms with Crippen molar-refractivity contribution >= 4 is 28.3 Å². The fourth-order valence-electron chi connectivity index (χ4n) is 4.69. The number of carbonyl (C=O) groups excluding carboxylic acids is 1. The Hall–Kier alpha value is -2.41. The summed E-state index contributed by atoms with van der Waals surface area (Å²) in [6.45, 7) is 3.25. The third kappa shape index (κ3) is 3.52. The monoisotopic (exact) mass is 410 g/mol. The van der Waals surface area contributed by atoms with Crippen LogP contribution in [-0.4, -0.2) is 44.2 Å². The molecule has 1 aliphatic heterocycles. The number of aryl methyl sites for hydroxylation is 1. The predicted molar refractivity (Wildman–Crippen MR) is 114 cm³/mol. The van der Waals surface area contributed by atoms with Crippen LogP contribution in [0.15, 0.2) is 30.5 Å². The summed E-state index contributed by atoms with van der Waals surface area (Å²) in [5, 5.41) is 5.16. The van der Waals surface area contributed by atoms with Crippen molar-refractivity contribution < 1.29 is 9.53 Å². The molecule has 1 amide bonds. The van der Waals surface area contributed by atoms with E-state index in [-0.39, 0.29) is 12.0 Å². The molecule has 0 spiro atoms. The normalized spacial score (nSPS) is 18.6. The average Bonchev–Trinajstić information content (AvgIpc) is 3.48. The first kappa shape index (κ1) is 18.6. The van der Waals surface area contributed by atoms with Crippen LogP contribution in [0.4, 0.5) is 0 Å².